The molecule has 0 aromatic rings. The molecule has 0 spiro atoms. The minimum Gasteiger partial charge on any atom is -0.460 e. The van der Waals surface area contributed by atoms with Gasteiger partial charge in [0.05, 0.1) is 25.6 Å². The van der Waals surface area contributed by atoms with Crippen molar-refractivity contribution in [3.05, 3.63) is 12.2 Å². The molecule has 0 saturated carbocycles. The summed E-state index contributed by atoms with van der Waals surface area (Å²) in [6.07, 6.45) is 7.20. The van der Waals surface area contributed by atoms with Crippen LogP contribution in [0.3, 0.4) is 0 Å². The Balaban J connectivity index is 4.47. The number of ether oxygens (including phenoxy) is 2. The zero-order valence-electron chi connectivity index (χ0n) is 15.1. The second kappa shape index (κ2) is 14.0. The average molecular weight is 344 g/mol. The topological polar surface area (TPSA) is 93.1 Å². The monoisotopic (exact) mass is 344 g/mol. The Labute approximate surface area is 144 Å². The van der Waals surface area contributed by atoms with Crippen molar-refractivity contribution >= 4 is 11.9 Å². The minimum atomic E-state index is -0.595. The molecule has 0 heterocycles. The summed E-state index contributed by atoms with van der Waals surface area (Å²) in [5, 5.41) is 17.9. The van der Waals surface area contributed by atoms with Gasteiger partial charge in [-0.3, -0.25) is 9.59 Å². The number of rotatable bonds is 13. The maximum absolute atomic E-state index is 12.2. The lowest BCUT2D eigenvalue weighted by molar-refractivity contribution is -0.162. The first-order chi connectivity index (χ1) is 11.4. The Morgan fingerprint density at radius 3 is 2.21 bits per heavy atom. The summed E-state index contributed by atoms with van der Waals surface area (Å²) in [4.78, 5) is 24.0. The van der Waals surface area contributed by atoms with Gasteiger partial charge in [0.2, 0.25) is 0 Å². The van der Waals surface area contributed by atoms with Crippen molar-refractivity contribution in [2.45, 2.75) is 71.5 Å². The molecule has 0 aromatic carbocycles. The van der Waals surface area contributed by atoms with Crippen molar-refractivity contribution in [1.82, 2.24) is 0 Å². The fourth-order valence-corrected chi connectivity index (χ4v) is 2.14. The largest absolute Gasteiger partial charge is 0.460 e. The number of allylic oxidation sites excluding steroid dienone is 2. The Bertz CT molecular complexity index is 380. The molecule has 6 heteroatoms. The highest BCUT2D eigenvalue weighted by atomic mass is 16.6. The molecule has 0 aromatic heterocycles. The molecule has 0 amide bonds. The quantitative estimate of drug-likeness (QED) is 0.303. The van der Waals surface area contributed by atoms with Crippen molar-refractivity contribution in [2.24, 2.45) is 5.92 Å². The molecule has 24 heavy (non-hydrogen) atoms. The van der Waals surface area contributed by atoms with E-state index in [-0.39, 0.29) is 19.6 Å². The molecule has 140 valence electrons. The minimum absolute atomic E-state index is 0.0732. The molecule has 3 unspecified atom stereocenters. The molecule has 0 fully saturated rings. The van der Waals surface area contributed by atoms with Crippen molar-refractivity contribution in [1.29, 1.82) is 0 Å². The van der Waals surface area contributed by atoms with Gasteiger partial charge in [-0.1, -0.05) is 25.0 Å². The maximum Gasteiger partial charge on any atom is 0.309 e. The summed E-state index contributed by atoms with van der Waals surface area (Å²) in [6.45, 7) is 4.65. The molecule has 0 radical (unpaired) electrons. The van der Waals surface area contributed by atoms with Gasteiger partial charge in [0.25, 0.3) is 0 Å². The lowest BCUT2D eigenvalue weighted by Gasteiger charge is -2.19. The molecule has 0 saturated heterocycles. The van der Waals surface area contributed by atoms with E-state index in [9.17, 15) is 9.59 Å². The highest BCUT2D eigenvalue weighted by molar-refractivity contribution is 5.80. The van der Waals surface area contributed by atoms with Gasteiger partial charge in [-0.25, -0.2) is 0 Å². The van der Waals surface area contributed by atoms with Crippen LogP contribution in [0.2, 0.25) is 0 Å². The molecule has 0 aliphatic carbocycles. The van der Waals surface area contributed by atoms with E-state index in [0.29, 0.717) is 6.42 Å². The van der Waals surface area contributed by atoms with E-state index in [0.717, 1.165) is 25.7 Å². The average Bonchev–Trinajstić information content (AvgIpc) is 2.56. The lowest BCUT2D eigenvalue weighted by atomic mass is 9.97. The number of esters is 2. The predicted octanol–water partition coefficient (Wildman–Crippen LogP) is 2.37. The van der Waals surface area contributed by atoms with Crippen LogP contribution in [-0.2, 0) is 19.1 Å². The second-order valence-corrected chi connectivity index (χ2v) is 6.02. The van der Waals surface area contributed by atoms with Crippen LogP contribution < -0.4 is 0 Å². The van der Waals surface area contributed by atoms with E-state index < -0.39 is 30.1 Å². The Morgan fingerprint density at radius 1 is 1.00 bits per heavy atom. The Hall–Kier alpha value is -1.40. The van der Waals surface area contributed by atoms with Crippen LogP contribution in [0.5, 0.6) is 0 Å². The Kier molecular flexibility index (Phi) is 13.2. The predicted molar refractivity (Wildman–Crippen MR) is 91.3 cm³/mol. The highest BCUT2D eigenvalue weighted by Crippen LogP contribution is 2.18. The van der Waals surface area contributed by atoms with Crippen molar-refractivity contribution in [3.8, 4) is 0 Å². The smallest absolute Gasteiger partial charge is 0.309 e. The van der Waals surface area contributed by atoms with Crippen LogP contribution in [0.15, 0.2) is 12.2 Å². The molecule has 0 rings (SSSR count). The number of hydrogen-bond donors (Lipinski definition) is 2. The fraction of sp³-hybridized carbons (Fsp3) is 0.778. The second-order valence-electron chi connectivity index (χ2n) is 6.02. The standard InChI is InChI=1S/C18H32O6/c1-4-5-6-7-8-9-10-16(18(22)24-15(3)13-20)11-17(21)23-14(2)12-19/h4-5,14-16,19-20H,6-13H2,1-3H3/b5-4+. The first-order valence-corrected chi connectivity index (χ1v) is 8.67. The molecular weight excluding hydrogens is 312 g/mol. The van der Waals surface area contributed by atoms with Crippen LogP contribution in [0.4, 0.5) is 0 Å². The van der Waals surface area contributed by atoms with E-state index in [1.54, 1.807) is 13.8 Å². The van der Waals surface area contributed by atoms with Crippen molar-refractivity contribution in [2.75, 3.05) is 13.2 Å². The molecule has 3 atom stereocenters. The van der Waals surface area contributed by atoms with Gasteiger partial charge in [-0.15, -0.1) is 0 Å². The normalized spacial score (nSPS) is 15.0. The first-order valence-electron chi connectivity index (χ1n) is 8.67. The molecule has 0 bridgehead atoms. The molecular formula is C18H32O6. The zero-order chi connectivity index (χ0) is 18.4. The van der Waals surface area contributed by atoms with Crippen LogP contribution in [0.1, 0.15) is 59.3 Å². The molecule has 2 N–H and O–H groups in total. The van der Waals surface area contributed by atoms with Crippen LogP contribution in [0, 0.1) is 5.92 Å². The number of carbonyl (C=O) groups excluding carboxylic acids is 2. The van der Waals surface area contributed by atoms with Gasteiger partial charge in [-0.2, -0.15) is 0 Å². The van der Waals surface area contributed by atoms with E-state index in [1.807, 2.05) is 13.0 Å². The van der Waals surface area contributed by atoms with Crippen LogP contribution in [-0.4, -0.2) is 47.6 Å². The summed E-state index contributed by atoms with van der Waals surface area (Å²) < 4.78 is 10.1. The summed E-state index contributed by atoms with van der Waals surface area (Å²) in [5.74, 6) is -1.60. The summed E-state index contributed by atoms with van der Waals surface area (Å²) >= 11 is 0. The third-order valence-electron chi connectivity index (χ3n) is 3.57. The van der Waals surface area contributed by atoms with Crippen molar-refractivity contribution < 1.29 is 29.3 Å². The van der Waals surface area contributed by atoms with E-state index >= 15 is 0 Å². The summed E-state index contributed by atoms with van der Waals surface area (Å²) in [5.41, 5.74) is 0. The maximum atomic E-state index is 12.2. The van der Waals surface area contributed by atoms with E-state index in [4.69, 9.17) is 19.7 Å². The van der Waals surface area contributed by atoms with Crippen LogP contribution >= 0.6 is 0 Å². The fourth-order valence-electron chi connectivity index (χ4n) is 2.14. The number of aliphatic hydroxyl groups excluding tert-OH is 2. The van der Waals surface area contributed by atoms with E-state index in [1.165, 1.54) is 0 Å². The van der Waals surface area contributed by atoms with Gasteiger partial charge < -0.3 is 19.7 Å². The number of unbranched alkanes of at least 4 members (excludes halogenated alkanes) is 3. The van der Waals surface area contributed by atoms with Crippen LogP contribution in [0.25, 0.3) is 0 Å². The first kappa shape index (κ1) is 22.6. The Morgan fingerprint density at radius 2 is 1.62 bits per heavy atom. The third kappa shape index (κ3) is 11.2. The highest BCUT2D eigenvalue weighted by Gasteiger charge is 2.26. The van der Waals surface area contributed by atoms with Gasteiger partial charge in [0.1, 0.15) is 12.2 Å². The van der Waals surface area contributed by atoms with Gasteiger partial charge in [-0.05, 0) is 40.0 Å². The van der Waals surface area contributed by atoms with Gasteiger partial charge in [0, 0.05) is 0 Å². The molecule has 0 aliphatic heterocycles. The van der Waals surface area contributed by atoms with Crippen molar-refractivity contribution in [3.63, 3.8) is 0 Å². The molecule has 0 aliphatic rings. The lowest BCUT2D eigenvalue weighted by Crippen LogP contribution is -2.28. The number of aliphatic hydroxyl groups is 2. The van der Waals surface area contributed by atoms with E-state index in [2.05, 4.69) is 6.08 Å². The summed E-state index contributed by atoms with van der Waals surface area (Å²) in [7, 11) is 0. The summed E-state index contributed by atoms with van der Waals surface area (Å²) in [6, 6.07) is 0. The molecule has 6 nitrogen and oxygen atoms in total. The SMILES string of the molecule is C/C=C/CCCCCC(CC(=O)OC(C)CO)C(=O)OC(C)CO. The number of carbonyl (C=O) groups is 2. The number of hydrogen-bond acceptors (Lipinski definition) is 6. The third-order valence-corrected chi connectivity index (χ3v) is 3.57. The zero-order valence-corrected chi connectivity index (χ0v) is 15.1. The van der Waals surface area contributed by atoms with Gasteiger partial charge in [0.15, 0.2) is 0 Å². The van der Waals surface area contributed by atoms with Gasteiger partial charge >= 0.3 is 11.9 Å².